The summed E-state index contributed by atoms with van der Waals surface area (Å²) in [4.78, 5) is 12.2. The second kappa shape index (κ2) is 4.70. The molecule has 1 aliphatic heterocycles. The number of hydrogen-bond acceptors (Lipinski definition) is 3. The number of sulfonamides is 1. The fourth-order valence-electron chi connectivity index (χ4n) is 3.46. The van der Waals surface area contributed by atoms with Crippen molar-refractivity contribution in [1.29, 1.82) is 0 Å². The Morgan fingerprint density at radius 1 is 1.25 bits per heavy atom. The molecule has 20 heavy (non-hydrogen) atoms. The summed E-state index contributed by atoms with van der Waals surface area (Å²) in [5.41, 5.74) is 0.0944. The minimum atomic E-state index is -3.09. The molecule has 0 aromatic rings. The molecule has 5 nitrogen and oxygen atoms in total. The van der Waals surface area contributed by atoms with E-state index in [9.17, 15) is 13.2 Å². The molecule has 116 valence electrons. The quantitative estimate of drug-likeness (QED) is 0.844. The molecular weight excluding hydrogens is 276 g/mol. The zero-order valence-corrected chi connectivity index (χ0v) is 13.9. The van der Waals surface area contributed by atoms with Gasteiger partial charge in [-0.25, -0.2) is 12.7 Å². The van der Waals surface area contributed by atoms with E-state index >= 15 is 0 Å². The molecular formula is C14H26N2O3S. The Bertz CT molecular complexity index is 497. The minimum Gasteiger partial charge on any atom is -0.355 e. The number of amides is 1. The summed E-state index contributed by atoms with van der Waals surface area (Å²) >= 11 is 0. The number of hydrogen-bond donors (Lipinski definition) is 1. The Balaban J connectivity index is 1.82. The lowest BCUT2D eigenvalue weighted by Crippen LogP contribution is -2.34. The predicted octanol–water partition coefficient (Wildman–Crippen LogP) is 1.07. The lowest BCUT2D eigenvalue weighted by molar-refractivity contribution is -0.123. The van der Waals surface area contributed by atoms with Gasteiger partial charge in [0.1, 0.15) is 0 Å². The Hall–Kier alpha value is -0.620. The van der Waals surface area contributed by atoms with E-state index < -0.39 is 10.0 Å². The van der Waals surface area contributed by atoms with Crippen molar-refractivity contribution in [2.75, 3.05) is 25.9 Å². The molecule has 0 radical (unpaired) electrons. The lowest BCUT2D eigenvalue weighted by Gasteiger charge is -2.14. The van der Waals surface area contributed by atoms with Crippen LogP contribution in [0.1, 0.15) is 34.1 Å². The van der Waals surface area contributed by atoms with E-state index in [0.29, 0.717) is 19.6 Å². The summed E-state index contributed by atoms with van der Waals surface area (Å²) < 4.78 is 24.4. The van der Waals surface area contributed by atoms with Crippen LogP contribution in [0, 0.1) is 22.7 Å². The maximum Gasteiger partial charge on any atom is 0.224 e. The van der Waals surface area contributed by atoms with Crippen LogP contribution in [0.4, 0.5) is 0 Å². The Labute approximate surface area is 122 Å². The van der Waals surface area contributed by atoms with Crippen LogP contribution >= 0.6 is 0 Å². The zero-order chi connectivity index (χ0) is 15.3. The normalized spacial score (nSPS) is 29.4. The van der Waals surface area contributed by atoms with Crippen LogP contribution in [0.15, 0.2) is 0 Å². The van der Waals surface area contributed by atoms with Crippen LogP contribution < -0.4 is 5.32 Å². The Morgan fingerprint density at radius 3 is 2.20 bits per heavy atom. The molecule has 1 amide bonds. The molecule has 2 aliphatic rings. The van der Waals surface area contributed by atoms with Crippen molar-refractivity contribution in [2.45, 2.75) is 34.1 Å². The lowest BCUT2D eigenvalue weighted by atomic mass is 10.0. The molecule has 1 saturated carbocycles. The van der Waals surface area contributed by atoms with Gasteiger partial charge in [0.15, 0.2) is 0 Å². The highest BCUT2D eigenvalue weighted by atomic mass is 32.2. The number of rotatable bonds is 4. The average Bonchev–Trinajstić information content (AvgIpc) is 2.68. The fourth-order valence-corrected chi connectivity index (χ4v) is 4.38. The summed E-state index contributed by atoms with van der Waals surface area (Å²) in [6.07, 6.45) is 2.06. The SMILES string of the molecule is CC1(C)C(C(=O)NCC2CCN(S(C)(=O)=O)C2)C1(C)C. The first-order chi connectivity index (χ1) is 8.98. The van der Waals surface area contributed by atoms with Crippen LogP contribution in [-0.2, 0) is 14.8 Å². The molecule has 1 aliphatic carbocycles. The third-order valence-corrected chi connectivity index (χ3v) is 6.84. The first-order valence-corrected chi connectivity index (χ1v) is 9.05. The van der Waals surface area contributed by atoms with Crippen molar-refractivity contribution >= 4 is 15.9 Å². The van der Waals surface area contributed by atoms with Gasteiger partial charge in [-0.2, -0.15) is 0 Å². The van der Waals surface area contributed by atoms with Gasteiger partial charge in [0.25, 0.3) is 0 Å². The first-order valence-electron chi connectivity index (χ1n) is 7.21. The van der Waals surface area contributed by atoms with Crippen molar-refractivity contribution in [1.82, 2.24) is 9.62 Å². The molecule has 0 aromatic heterocycles. The van der Waals surface area contributed by atoms with Gasteiger partial charge < -0.3 is 5.32 Å². The highest BCUT2D eigenvalue weighted by Gasteiger charge is 2.68. The van der Waals surface area contributed by atoms with Gasteiger partial charge in [0.2, 0.25) is 15.9 Å². The van der Waals surface area contributed by atoms with E-state index in [-0.39, 0.29) is 28.6 Å². The van der Waals surface area contributed by atoms with E-state index in [4.69, 9.17) is 0 Å². The van der Waals surface area contributed by atoms with Crippen molar-refractivity contribution in [3.8, 4) is 0 Å². The molecule has 2 rings (SSSR count). The monoisotopic (exact) mass is 302 g/mol. The zero-order valence-electron chi connectivity index (χ0n) is 13.1. The summed E-state index contributed by atoms with van der Waals surface area (Å²) in [6, 6.07) is 0. The molecule has 1 N–H and O–H groups in total. The van der Waals surface area contributed by atoms with Crippen molar-refractivity contribution in [3.05, 3.63) is 0 Å². The Kier molecular flexibility index (Phi) is 3.70. The van der Waals surface area contributed by atoms with E-state index in [1.807, 2.05) is 0 Å². The first kappa shape index (κ1) is 15.8. The van der Waals surface area contributed by atoms with Gasteiger partial charge in [0, 0.05) is 25.6 Å². The third kappa shape index (κ3) is 2.60. The highest BCUT2D eigenvalue weighted by molar-refractivity contribution is 7.88. The summed E-state index contributed by atoms with van der Waals surface area (Å²) in [5.74, 6) is 0.402. The van der Waals surface area contributed by atoms with Crippen molar-refractivity contribution in [2.24, 2.45) is 22.7 Å². The third-order valence-electron chi connectivity index (χ3n) is 5.57. The molecule has 1 unspecified atom stereocenters. The number of carbonyl (C=O) groups is 1. The second-order valence-electron chi connectivity index (χ2n) is 7.40. The van der Waals surface area contributed by atoms with E-state index in [1.54, 1.807) is 0 Å². The summed E-state index contributed by atoms with van der Waals surface area (Å²) in [5, 5.41) is 3.01. The van der Waals surface area contributed by atoms with Gasteiger partial charge in [-0.15, -0.1) is 0 Å². The number of carbonyl (C=O) groups excluding carboxylic acids is 1. The molecule has 0 spiro atoms. The van der Waals surface area contributed by atoms with Gasteiger partial charge in [-0.3, -0.25) is 4.79 Å². The van der Waals surface area contributed by atoms with E-state index in [2.05, 4.69) is 33.0 Å². The van der Waals surface area contributed by atoms with Crippen LogP contribution in [0.2, 0.25) is 0 Å². The molecule has 1 heterocycles. The van der Waals surface area contributed by atoms with Gasteiger partial charge in [-0.05, 0) is 23.2 Å². The molecule has 6 heteroatoms. The molecule has 0 aromatic carbocycles. The van der Waals surface area contributed by atoms with Gasteiger partial charge in [0.05, 0.1) is 6.26 Å². The van der Waals surface area contributed by atoms with Crippen LogP contribution in [0.25, 0.3) is 0 Å². The Morgan fingerprint density at radius 2 is 1.80 bits per heavy atom. The van der Waals surface area contributed by atoms with Gasteiger partial charge >= 0.3 is 0 Å². The topological polar surface area (TPSA) is 66.5 Å². The minimum absolute atomic E-state index is 0.0472. The van der Waals surface area contributed by atoms with Crippen molar-refractivity contribution < 1.29 is 13.2 Å². The smallest absolute Gasteiger partial charge is 0.224 e. The van der Waals surface area contributed by atoms with Crippen LogP contribution in [0.5, 0.6) is 0 Å². The molecule has 1 atom stereocenters. The average molecular weight is 302 g/mol. The van der Waals surface area contributed by atoms with E-state index in [1.165, 1.54) is 10.6 Å². The fraction of sp³-hybridized carbons (Fsp3) is 0.929. The maximum absolute atomic E-state index is 12.2. The predicted molar refractivity (Wildman–Crippen MR) is 78.6 cm³/mol. The summed E-state index contributed by atoms with van der Waals surface area (Å²) in [6.45, 7) is 10.2. The molecule has 2 fully saturated rings. The second-order valence-corrected chi connectivity index (χ2v) is 9.38. The molecule has 0 bridgehead atoms. The highest BCUT2D eigenvalue weighted by Crippen LogP contribution is 2.68. The number of nitrogens with zero attached hydrogens (tertiary/aromatic N) is 1. The molecule has 1 saturated heterocycles. The van der Waals surface area contributed by atoms with E-state index in [0.717, 1.165) is 6.42 Å². The maximum atomic E-state index is 12.2. The van der Waals surface area contributed by atoms with Gasteiger partial charge in [-0.1, -0.05) is 27.7 Å². The van der Waals surface area contributed by atoms with Crippen molar-refractivity contribution in [3.63, 3.8) is 0 Å². The number of nitrogens with one attached hydrogen (secondary N) is 1. The van der Waals surface area contributed by atoms with Crippen LogP contribution in [-0.4, -0.2) is 44.5 Å². The standard InChI is InChI=1S/C14H26N2O3S/c1-13(2)11(14(13,3)4)12(17)15-8-10-6-7-16(9-10)20(5,18)19/h10-11H,6-9H2,1-5H3,(H,15,17). The largest absolute Gasteiger partial charge is 0.355 e. The summed E-state index contributed by atoms with van der Waals surface area (Å²) in [7, 11) is -3.09. The van der Waals surface area contributed by atoms with Crippen LogP contribution in [0.3, 0.4) is 0 Å².